The van der Waals surface area contributed by atoms with Crippen molar-refractivity contribution in [1.29, 1.82) is 0 Å². The van der Waals surface area contributed by atoms with Crippen LogP contribution < -0.4 is 0 Å². The van der Waals surface area contributed by atoms with Crippen LogP contribution in [0.5, 0.6) is 0 Å². The van der Waals surface area contributed by atoms with Gasteiger partial charge in [0.25, 0.3) is 0 Å². The number of nitrogens with zero attached hydrogens (tertiary/aromatic N) is 3. The largest absolute Gasteiger partial charge is 0.377 e. The van der Waals surface area contributed by atoms with Crippen LogP contribution >= 0.6 is 0 Å². The summed E-state index contributed by atoms with van der Waals surface area (Å²) in [6, 6.07) is 0.348. The quantitative estimate of drug-likeness (QED) is 0.768. The molecule has 3 rings (SSSR count). The van der Waals surface area contributed by atoms with Gasteiger partial charge in [0.15, 0.2) is 5.79 Å². The van der Waals surface area contributed by atoms with Gasteiger partial charge in [0.1, 0.15) is 0 Å². The van der Waals surface area contributed by atoms with Crippen LogP contribution in [0.3, 0.4) is 0 Å². The van der Waals surface area contributed by atoms with Crippen LogP contribution in [-0.2, 0) is 48.6 Å². The van der Waals surface area contributed by atoms with Crippen LogP contribution in [0.4, 0.5) is 0 Å². The van der Waals surface area contributed by atoms with E-state index in [4.69, 9.17) is 9.47 Å². The molecule has 2 fully saturated rings. The molecule has 5 nitrogen and oxygen atoms in total. The van der Waals surface area contributed by atoms with Gasteiger partial charge in [0, 0.05) is 51.4 Å². The molecule has 6 heteroatoms. The van der Waals surface area contributed by atoms with Crippen LogP contribution in [0.25, 0.3) is 0 Å². The number of aryl methyl sites for hydroxylation is 1. The van der Waals surface area contributed by atoms with Gasteiger partial charge in [-0.2, -0.15) is 6.42 Å². The van der Waals surface area contributed by atoms with Gasteiger partial charge < -0.3 is 9.47 Å². The van der Waals surface area contributed by atoms with Crippen molar-refractivity contribution < 1.29 is 42.2 Å². The van der Waals surface area contributed by atoms with Gasteiger partial charge >= 0.3 is 0 Å². The van der Waals surface area contributed by atoms with Crippen LogP contribution in [0.1, 0.15) is 52.3 Å². The summed E-state index contributed by atoms with van der Waals surface area (Å²) in [5, 5.41) is 8.34. The van der Waals surface area contributed by atoms with Crippen LogP contribution in [0, 0.1) is 12.3 Å². The van der Waals surface area contributed by atoms with E-state index in [0.29, 0.717) is 12.0 Å². The van der Waals surface area contributed by atoms with E-state index in [-0.39, 0.29) is 44.9 Å². The standard InChI is InChI=1S/C15H24N3O2.Y/c1-10(2)18-9-12(16-17-18)7-8-15(4)19-13-6-5-11(3)14(13)20-15;/h6,9-11,13-14H,5,7-8H2,1-4H3;/q-1;. The molecule has 1 radical (unpaired) electrons. The third-order valence-corrected chi connectivity index (χ3v) is 4.32. The topological polar surface area (TPSA) is 49.2 Å². The summed E-state index contributed by atoms with van der Waals surface area (Å²) in [6.45, 7) is 8.46. The van der Waals surface area contributed by atoms with Crippen molar-refractivity contribution in [2.24, 2.45) is 5.92 Å². The van der Waals surface area contributed by atoms with Crippen LogP contribution in [-0.4, -0.2) is 33.0 Å². The first-order valence-corrected chi connectivity index (χ1v) is 7.56. The Morgan fingerprint density at radius 2 is 2.24 bits per heavy atom. The van der Waals surface area contributed by atoms with E-state index < -0.39 is 5.79 Å². The minimum atomic E-state index is -0.484. The van der Waals surface area contributed by atoms with Crippen molar-refractivity contribution in [3.8, 4) is 0 Å². The summed E-state index contributed by atoms with van der Waals surface area (Å²) in [7, 11) is 0. The summed E-state index contributed by atoms with van der Waals surface area (Å²) in [5.41, 5.74) is 1.00. The molecule has 2 heterocycles. The van der Waals surface area contributed by atoms with Gasteiger partial charge in [0.05, 0.1) is 11.8 Å². The molecular weight excluding hydrogens is 343 g/mol. The minimum Gasteiger partial charge on any atom is -0.377 e. The number of aromatic nitrogens is 3. The van der Waals surface area contributed by atoms with Crippen molar-refractivity contribution in [2.75, 3.05) is 0 Å². The summed E-state index contributed by atoms with van der Waals surface area (Å²) in [4.78, 5) is 0. The first-order chi connectivity index (χ1) is 9.47. The predicted molar refractivity (Wildman–Crippen MR) is 75.0 cm³/mol. The maximum Gasteiger partial charge on any atom is 0.163 e. The van der Waals surface area contributed by atoms with E-state index in [2.05, 4.69) is 37.5 Å². The number of hydrogen-bond acceptors (Lipinski definition) is 4. The molecule has 115 valence electrons. The molecule has 4 atom stereocenters. The maximum atomic E-state index is 6.15. The average molecular weight is 367 g/mol. The predicted octanol–water partition coefficient (Wildman–Crippen LogP) is 2.53. The van der Waals surface area contributed by atoms with Gasteiger partial charge in [-0.05, 0) is 39.2 Å². The van der Waals surface area contributed by atoms with Crippen LogP contribution in [0.2, 0.25) is 0 Å². The molecule has 0 spiro atoms. The molecule has 1 aromatic rings. The normalized spacial score (nSPS) is 35.0. The molecule has 0 bridgehead atoms. The third kappa shape index (κ3) is 3.74. The van der Waals surface area contributed by atoms with Gasteiger partial charge in [0.2, 0.25) is 0 Å². The molecule has 1 saturated heterocycles. The molecular formula is C15H24N3O2Y-. The smallest absolute Gasteiger partial charge is 0.163 e. The molecule has 21 heavy (non-hydrogen) atoms. The zero-order valence-electron chi connectivity index (χ0n) is 13.3. The molecule has 1 saturated carbocycles. The fraction of sp³-hybridized carbons (Fsp3) is 0.800. The molecule has 1 aromatic heterocycles. The van der Waals surface area contributed by atoms with E-state index in [1.165, 1.54) is 0 Å². The molecule has 0 N–H and O–H groups in total. The third-order valence-electron chi connectivity index (χ3n) is 4.32. The first-order valence-electron chi connectivity index (χ1n) is 7.56. The number of rotatable bonds is 4. The molecule has 2 aliphatic rings. The Morgan fingerprint density at radius 1 is 1.48 bits per heavy atom. The van der Waals surface area contributed by atoms with Crippen molar-refractivity contribution in [1.82, 2.24) is 15.0 Å². The molecule has 1 aliphatic carbocycles. The number of hydrogen-bond donors (Lipinski definition) is 0. The fourth-order valence-electron chi connectivity index (χ4n) is 3.00. The van der Waals surface area contributed by atoms with Crippen molar-refractivity contribution >= 4 is 0 Å². The minimum absolute atomic E-state index is 0. The monoisotopic (exact) mass is 367 g/mol. The Kier molecular flexibility index (Phi) is 5.62. The van der Waals surface area contributed by atoms with E-state index >= 15 is 0 Å². The van der Waals surface area contributed by atoms with Gasteiger partial charge in [-0.1, -0.05) is 12.1 Å². The van der Waals surface area contributed by atoms with E-state index in [1.54, 1.807) is 0 Å². The second kappa shape index (κ2) is 6.73. The van der Waals surface area contributed by atoms with Gasteiger partial charge in [-0.15, -0.1) is 5.10 Å². The summed E-state index contributed by atoms with van der Waals surface area (Å²) in [6.07, 6.45) is 7.39. The summed E-state index contributed by atoms with van der Waals surface area (Å²) in [5.74, 6) is 0.0749. The van der Waals surface area contributed by atoms with Crippen LogP contribution in [0.15, 0.2) is 6.20 Å². The second-order valence-corrected chi connectivity index (χ2v) is 6.53. The summed E-state index contributed by atoms with van der Waals surface area (Å²) >= 11 is 0. The van der Waals surface area contributed by atoms with E-state index in [1.807, 2.05) is 17.8 Å². The summed E-state index contributed by atoms with van der Waals surface area (Å²) < 4.78 is 14.1. The SMILES string of the molecule is CC1C[CH-]C2OC(C)(CCc3cn(C(C)C)nn3)OC12.[Y]. The second-order valence-electron chi connectivity index (χ2n) is 6.53. The van der Waals surface area contributed by atoms with Crippen molar-refractivity contribution in [2.45, 2.75) is 71.0 Å². The maximum absolute atomic E-state index is 6.15. The molecule has 0 amide bonds. The Bertz CT molecular complexity index is 479. The van der Waals surface area contributed by atoms with Crippen molar-refractivity contribution in [3.05, 3.63) is 18.3 Å². The average Bonchev–Trinajstić information content (AvgIpc) is 3.05. The number of ether oxygens (including phenoxy) is 2. The van der Waals surface area contributed by atoms with Gasteiger partial charge in [-0.25, -0.2) is 4.68 Å². The first kappa shape index (κ1) is 17.5. The van der Waals surface area contributed by atoms with E-state index in [9.17, 15) is 0 Å². The van der Waals surface area contributed by atoms with E-state index in [0.717, 1.165) is 25.0 Å². The Morgan fingerprint density at radius 3 is 2.86 bits per heavy atom. The molecule has 4 unspecified atom stereocenters. The zero-order valence-corrected chi connectivity index (χ0v) is 16.2. The molecule has 1 aliphatic heterocycles. The Labute approximate surface area is 152 Å². The number of fused-ring (bicyclic) bond motifs is 1. The fourth-order valence-corrected chi connectivity index (χ4v) is 3.00. The molecule has 0 aromatic carbocycles. The van der Waals surface area contributed by atoms with Gasteiger partial charge in [-0.3, -0.25) is 6.42 Å². The van der Waals surface area contributed by atoms with Crippen molar-refractivity contribution in [3.63, 3.8) is 0 Å². The Hall–Kier alpha value is 0.164. The zero-order chi connectivity index (χ0) is 14.3. The Balaban J connectivity index is 0.00000161.